The van der Waals surface area contributed by atoms with Gasteiger partial charge in [-0.05, 0) is 50.7 Å². The van der Waals surface area contributed by atoms with Crippen molar-refractivity contribution in [1.29, 1.82) is 0 Å². The summed E-state index contributed by atoms with van der Waals surface area (Å²) in [6.45, 7) is 5.61. The normalized spacial score (nSPS) is 12.9. The average molecular weight is 269 g/mol. The molecule has 1 aromatic rings. The Morgan fingerprint density at radius 3 is 2.50 bits per heavy atom. The SMILES string of the molecule is CCC(CNC)CN(C)CCc1ccc(Cl)cc1. The molecular weight excluding hydrogens is 244 g/mol. The first-order valence-corrected chi connectivity index (χ1v) is 7.11. The Balaban J connectivity index is 2.31. The quantitative estimate of drug-likeness (QED) is 0.780. The maximum atomic E-state index is 5.88. The van der Waals surface area contributed by atoms with E-state index in [2.05, 4.69) is 36.3 Å². The zero-order chi connectivity index (χ0) is 13.4. The first-order chi connectivity index (χ1) is 8.65. The summed E-state index contributed by atoms with van der Waals surface area (Å²) >= 11 is 5.88. The molecule has 0 aliphatic heterocycles. The van der Waals surface area contributed by atoms with E-state index in [1.54, 1.807) is 0 Å². The summed E-state index contributed by atoms with van der Waals surface area (Å²) in [5, 5.41) is 4.07. The van der Waals surface area contributed by atoms with Gasteiger partial charge in [-0.25, -0.2) is 0 Å². The van der Waals surface area contributed by atoms with Crippen molar-refractivity contribution in [1.82, 2.24) is 10.2 Å². The Kier molecular flexibility index (Phi) is 7.33. The minimum absolute atomic E-state index is 0.741. The summed E-state index contributed by atoms with van der Waals surface area (Å²) in [6, 6.07) is 8.15. The molecule has 18 heavy (non-hydrogen) atoms. The lowest BCUT2D eigenvalue weighted by atomic mass is 10.1. The maximum Gasteiger partial charge on any atom is 0.0406 e. The molecule has 0 aliphatic carbocycles. The molecule has 3 heteroatoms. The van der Waals surface area contributed by atoms with Crippen LogP contribution >= 0.6 is 11.6 Å². The number of halogens is 1. The molecule has 0 heterocycles. The van der Waals surface area contributed by atoms with Gasteiger partial charge in [0.05, 0.1) is 0 Å². The number of rotatable bonds is 8. The van der Waals surface area contributed by atoms with Gasteiger partial charge in [0.2, 0.25) is 0 Å². The second-order valence-electron chi connectivity index (χ2n) is 4.97. The molecule has 1 unspecified atom stereocenters. The molecular formula is C15H25ClN2. The Hall–Kier alpha value is -0.570. The van der Waals surface area contributed by atoms with Crippen molar-refractivity contribution in [2.45, 2.75) is 19.8 Å². The highest BCUT2D eigenvalue weighted by molar-refractivity contribution is 6.30. The topological polar surface area (TPSA) is 15.3 Å². The van der Waals surface area contributed by atoms with Crippen LogP contribution in [-0.2, 0) is 6.42 Å². The van der Waals surface area contributed by atoms with Crippen LogP contribution in [0.4, 0.5) is 0 Å². The molecule has 2 nitrogen and oxygen atoms in total. The van der Waals surface area contributed by atoms with Crippen molar-refractivity contribution in [2.24, 2.45) is 5.92 Å². The summed E-state index contributed by atoms with van der Waals surface area (Å²) < 4.78 is 0. The highest BCUT2D eigenvalue weighted by atomic mass is 35.5. The molecule has 1 rings (SSSR count). The molecule has 0 spiro atoms. The van der Waals surface area contributed by atoms with E-state index in [1.165, 1.54) is 12.0 Å². The predicted octanol–water partition coefficient (Wildman–Crippen LogP) is 3.06. The Bertz CT molecular complexity index is 324. The lowest BCUT2D eigenvalue weighted by molar-refractivity contribution is 0.271. The van der Waals surface area contributed by atoms with E-state index in [0.29, 0.717) is 0 Å². The van der Waals surface area contributed by atoms with Crippen LogP contribution in [0.1, 0.15) is 18.9 Å². The van der Waals surface area contributed by atoms with Crippen LogP contribution in [-0.4, -0.2) is 38.6 Å². The molecule has 1 N–H and O–H groups in total. The second kappa shape index (κ2) is 8.52. The van der Waals surface area contributed by atoms with Crippen LogP contribution in [0.15, 0.2) is 24.3 Å². The molecule has 0 aromatic heterocycles. The molecule has 0 saturated heterocycles. The third-order valence-corrected chi connectivity index (χ3v) is 3.59. The number of hydrogen-bond acceptors (Lipinski definition) is 2. The molecule has 1 aromatic carbocycles. The lowest BCUT2D eigenvalue weighted by Crippen LogP contribution is -2.32. The molecule has 0 fully saturated rings. The van der Waals surface area contributed by atoms with Crippen LogP contribution in [0.25, 0.3) is 0 Å². The smallest absolute Gasteiger partial charge is 0.0406 e. The molecule has 0 radical (unpaired) electrons. The minimum Gasteiger partial charge on any atom is -0.319 e. The van der Waals surface area contributed by atoms with Crippen molar-refractivity contribution in [2.75, 3.05) is 33.7 Å². The lowest BCUT2D eigenvalue weighted by Gasteiger charge is -2.23. The van der Waals surface area contributed by atoms with Gasteiger partial charge in [0.15, 0.2) is 0 Å². The number of hydrogen-bond donors (Lipinski definition) is 1. The van der Waals surface area contributed by atoms with E-state index in [0.717, 1.165) is 37.0 Å². The number of likely N-dealkylation sites (N-methyl/N-ethyl adjacent to an activating group) is 1. The molecule has 0 saturated carbocycles. The summed E-state index contributed by atoms with van der Waals surface area (Å²) in [6.07, 6.45) is 2.32. The van der Waals surface area contributed by atoms with Gasteiger partial charge in [0.25, 0.3) is 0 Å². The standard InChI is InChI=1S/C15H25ClN2/c1-4-13(11-17-2)12-18(3)10-9-14-5-7-15(16)8-6-14/h5-8,13,17H,4,9-12H2,1-3H3. The van der Waals surface area contributed by atoms with E-state index in [1.807, 2.05) is 19.2 Å². The van der Waals surface area contributed by atoms with Gasteiger partial charge in [0, 0.05) is 18.1 Å². The number of nitrogens with zero attached hydrogens (tertiary/aromatic N) is 1. The largest absolute Gasteiger partial charge is 0.319 e. The monoisotopic (exact) mass is 268 g/mol. The highest BCUT2D eigenvalue weighted by Crippen LogP contribution is 2.10. The van der Waals surface area contributed by atoms with Gasteiger partial charge < -0.3 is 10.2 Å². The zero-order valence-electron chi connectivity index (χ0n) is 11.7. The zero-order valence-corrected chi connectivity index (χ0v) is 12.5. The van der Waals surface area contributed by atoms with Crippen LogP contribution in [0.5, 0.6) is 0 Å². The Labute approximate surface area is 116 Å². The molecule has 102 valence electrons. The summed E-state index contributed by atoms with van der Waals surface area (Å²) in [5.41, 5.74) is 1.35. The van der Waals surface area contributed by atoms with Crippen LogP contribution < -0.4 is 5.32 Å². The van der Waals surface area contributed by atoms with Gasteiger partial charge in [-0.1, -0.05) is 37.1 Å². The third-order valence-electron chi connectivity index (χ3n) is 3.34. The highest BCUT2D eigenvalue weighted by Gasteiger charge is 2.08. The second-order valence-corrected chi connectivity index (χ2v) is 5.41. The third kappa shape index (κ3) is 5.85. The predicted molar refractivity (Wildman–Crippen MR) is 80.4 cm³/mol. The Morgan fingerprint density at radius 2 is 1.94 bits per heavy atom. The van der Waals surface area contributed by atoms with Crippen LogP contribution in [0, 0.1) is 5.92 Å². The molecule has 0 aliphatic rings. The van der Waals surface area contributed by atoms with Crippen molar-refractivity contribution in [3.05, 3.63) is 34.9 Å². The van der Waals surface area contributed by atoms with E-state index >= 15 is 0 Å². The number of nitrogens with one attached hydrogen (secondary N) is 1. The summed E-state index contributed by atoms with van der Waals surface area (Å²) in [4.78, 5) is 2.42. The van der Waals surface area contributed by atoms with Gasteiger partial charge in [-0.2, -0.15) is 0 Å². The van der Waals surface area contributed by atoms with E-state index < -0.39 is 0 Å². The van der Waals surface area contributed by atoms with Crippen molar-refractivity contribution in [3.8, 4) is 0 Å². The minimum atomic E-state index is 0.741. The molecule has 0 amide bonds. The van der Waals surface area contributed by atoms with E-state index in [-0.39, 0.29) is 0 Å². The summed E-state index contributed by atoms with van der Waals surface area (Å²) in [7, 11) is 4.23. The van der Waals surface area contributed by atoms with Gasteiger partial charge in [-0.3, -0.25) is 0 Å². The molecule has 0 bridgehead atoms. The van der Waals surface area contributed by atoms with E-state index in [9.17, 15) is 0 Å². The summed E-state index contributed by atoms with van der Waals surface area (Å²) in [5.74, 6) is 0.741. The maximum absolute atomic E-state index is 5.88. The van der Waals surface area contributed by atoms with Crippen molar-refractivity contribution in [3.63, 3.8) is 0 Å². The van der Waals surface area contributed by atoms with Crippen molar-refractivity contribution < 1.29 is 0 Å². The first kappa shape index (κ1) is 15.5. The van der Waals surface area contributed by atoms with Gasteiger partial charge >= 0.3 is 0 Å². The van der Waals surface area contributed by atoms with E-state index in [4.69, 9.17) is 11.6 Å². The number of benzene rings is 1. The average Bonchev–Trinajstić information content (AvgIpc) is 2.37. The van der Waals surface area contributed by atoms with Crippen LogP contribution in [0.3, 0.4) is 0 Å². The fourth-order valence-electron chi connectivity index (χ4n) is 2.13. The fraction of sp³-hybridized carbons (Fsp3) is 0.600. The van der Waals surface area contributed by atoms with Gasteiger partial charge in [-0.15, -0.1) is 0 Å². The van der Waals surface area contributed by atoms with Gasteiger partial charge in [0.1, 0.15) is 0 Å². The first-order valence-electron chi connectivity index (χ1n) is 6.73. The molecule has 1 atom stereocenters. The van der Waals surface area contributed by atoms with Crippen LogP contribution in [0.2, 0.25) is 5.02 Å². The van der Waals surface area contributed by atoms with Crippen molar-refractivity contribution >= 4 is 11.6 Å². The Morgan fingerprint density at radius 1 is 1.28 bits per heavy atom. The fourth-order valence-corrected chi connectivity index (χ4v) is 2.26.